The molecule has 7 heteroatoms. The van der Waals surface area contributed by atoms with E-state index in [4.69, 9.17) is 21.1 Å². The third-order valence-electron chi connectivity index (χ3n) is 4.45. The lowest BCUT2D eigenvalue weighted by Gasteiger charge is -2.25. The molecule has 26 heavy (non-hydrogen) atoms. The highest BCUT2D eigenvalue weighted by molar-refractivity contribution is 6.30. The van der Waals surface area contributed by atoms with E-state index < -0.39 is 0 Å². The number of fused-ring (bicyclic) bond motifs is 1. The summed E-state index contributed by atoms with van der Waals surface area (Å²) in [6.45, 7) is 0. The lowest BCUT2D eigenvalue weighted by Crippen LogP contribution is -2.21. The van der Waals surface area contributed by atoms with Gasteiger partial charge >= 0.3 is 0 Å². The van der Waals surface area contributed by atoms with Crippen molar-refractivity contribution in [1.29, 1.82) is 0 Å². The first-order valence-electron chi connectivity index (χ1n) is 8.14. The van der Waals surface area contributed by atoms with Crippen LogP contribution in [0.5, 0.6) is 11.5 Å². The van der Waals surface area contributed by atoms with Crippen molar-refractivity contribution in [2.75, 3.05) is 14.2 Å². The van der Waals surface area contributed by atoms with Gasteiger partial charge in [-0.05, 0) is 29.8 Å². The Kier molecular flexibility index (Phi) is 4.34. The number of methoxy groups -OCH3 is 2. The second-order valence-corrected chi connectivity index (χ2v) is 6.33. The van der Waals surface area contributed by atoms with Crippen LogP contribution in [0.15, 0.2) is 53.8 Å². The van der Waals surface area contributed by atoms with Crippen molar-refractivity contribution in [2.45, 2.75) is 12.5 Å². The second kappa shape index (κ2) is 6.80. The van der Waals surface area contributed by atoms with Gasteiger partial charge in [-0.25, -0.2) is 9.67 Å². The molecule has 0 radical (unpaired) electrons. The summed E-state index contributed by atoms with van der Waals surface area (Å²) in [6.07, 6.45) is 2.19. The zero-order chi connectivity index (χ0) is 18.1. The molecule has 4 rings (SSSR count). The maximum Gasteiger partial charge on any atom is 0.248 e. The van der Waals surface area contributed by atoms with E-state index >= 15 is 0 Å². The molecule has 0 saturated carbocycles. The molecule has 0 saturated heterocycles. The monoisotopic (exact) mass is 368 g/mol. The van der Waals surface area contributed by atoms with Crippen LogP contribution in [0, 0.1) is 0 Å². The van der Waals surface area contributed by atoms with Crippen LogP contribution in [-0.2, 0) is 0 Å². The molecule has 0 spiro atoms. The summed E-state index contributed by atoms with van der Waals surface area (Å²) in [6, 6.07) is 13.4. The first-order valence-corrected chi connectivity index (χ1v) is 8.52. The SMILES string of the molecule is COc1ccc(C2CC(c3ccc(Cl)cc3)=Nc3ncnn32)c(OC)c1. The van der Waals surface area contributed by atoms with E-state index in [0.717, 1.165) is 28.3 Å². The van der Waals surface area contributed by atoms with Gasteiger partial charge in [-0.3, -0.25) is 0 Å². The van der Waals surface area contributed by atoms with Crippen LogP contribution in [0.4, 0.5) is 5.95 Å². The Hall–Kier alpha value is -2.86. The minimum atomic E-state index is -0.0727. The zero-order valence-electron chi connectivity index (χ0n) is 14.4. The van der Waals surface area contributed by atoms with Crippen molar-refractivity contribution in [3.05, 3.63) is 64.9 Å². The number of nitrogens with zero attached hydrogens (tertiary/aromatic N) is 4. The maximum absolute atomic E-state index is 6.01. The minimum Gasteiger partial charge on any atom is -0.497 e. The van der Waals surface area contributed by atoms with Gasteiger partial charge in [0.25, 0.3) is 0 Å². The average molecular weight is 369 g/mol. The van der Waals surface area contributed by atoms with Gasteiger partial charge in [-0.2, -0.15) is 10.1 Å². The lowest BCUT2D eigenvalue weighted by atomic mass is 9.95. The first-order chi connectivity index (χ1) is 12.7. The summed E-state index contributed by atoms with van der Waals surface area (Å²) >= 11 is 6.01. The fourth-order valence-corrected chi connectivity index (χ4v) is 3.27. The average Bonchev–Trinajstić information content (AvgIpc) is 3.16. The summed E-state index contributed by atoms with van der Waals surface area (Å²) in [4.78, 5) is 8.96. The standard InChI is InChI=1S/C19H17ClN4O2/c1-25-14-7-8-15(18(9-14)26-2)17-10-16(12-3-5-13(20)6-4-12)23-19-21-11-22-24(17)19/h3-9,11,17H,10H2,1-2H3. The summed E-state index contributed by atoms with van der Waals surface area (Å²) in [5, 5.41) is 5.06. The van der Waals surface area contributed by atoms with Gasteiger partial charge in [0.2, 0.25) is 5.95 Å². The Morgan fingerprint density at radius 3 is 2.62 bits per heavy atom. The summed E-state index contributed by atoms with van der Waals surface area (Å²) < 4.78 is 12.7. The molecule has 2 aromatic carbocycles. The van der Waals surface area contributed by atoms with Crippen molar-refractivity contribution in [1.82, 2.24) is 14.8 Å². The number of hydrogen-bond acceptors (Lipinski definition) is 5. The van der Waals surface area contributed by atoms with Gasteiger partial charge in [0, 0.05) is 23.1 Å². The van der Waals surface area contributed by atoms with Gasteiger partial charge in [-0.15, -0.1) is 0 Å². The van der Waals surface area contributed by atoms with E-state index in [9.17, 15) is 0 Å². The Balaban J connectivity index is 1.79. The van der Waals surface area contributed by atoms with Crippen molar-refractivity contribution in [2.24, 2.45) is 4.99 Å². The number of benzene rings is 2. The molecule has 0 N–H and O–H groups in total. The van der Waals surface area contributed by atoms with Crippen molar-refractivity contribution in [3.63, 3.8) is 0 Å². The molecule has 1 unspecified atom stereocenters. The molecule has 1 atom stereocenters. The molecule has 2 heterocycles. The van der Waals surface area contributed by atoms with Crippen LogP contribution in [0.3, 0.4) is 0 Å². The van der Waals surface area contributed by atoms with Crippen molar-refractivity contribution >= 4 is 23.3 Å². The highest BCUT2D eigenvalue weighted by atomic mass is 35.5. The fourth-order valence-electron chi connectivity index (χ4n) is 3.14. The number of aliphatic imine (C=N–C) groups is 1. The number of ether oxygens (including phenoxy) is 2. The molecule has 3 aromatic rings. The smallest absolute Gasteiger partial charge is 0.248 e. The number of aromatic nitrogens is 3. The quantitative estimate of drug-likeness (QED) is 0.696. The Labute approximate surface area is 156 Å². The lowest BCUT2D eigenvalue weighted by molar-refractivity contribution is 0.383. The predicted octanol–water partition coefficient (Wildman–Crippen LogP) is 4.06. The minimum absolute atomic E-state index is 0.0727. The highest BCUT2D eigenvalue weighted by Gasteiger charge is 2.28. The number of halogens is 1. The van der Waals surface area contributed by atoms with Crippen LogP contribution < -0.4 is 9.47 Å². The largest absolute Gasteiger partial charge is 0.497 e. The van der Waals surface area contributed by atoms with E-state index in [-0.39, 0.29) is 6.04 Å². The molecule has 0 aliphatic carbocycles. The summed E-state index contributed by atoms with van der Waals surface area (Å²) in [7, 11) is 3.29. The zero-order valence-corrected chi connectivity index (χ0v) is 15.1. The van der Waals surface area contributed by atoms with Crippen molar-refractivity contribution < 1.29 is 9.47 Å². The normalized spacial score (nSPS) is 16.0. The third-order valence-corrected chi connectivity index (χ3v) is 4.70. The Bertz CT molecular complexity index is 966. The van der Waals surface area contributed by atoms with Crippen LogP contribution >= 0.6 is 11.6 Å². The van der Waals surface area contributed by atoms with E-state index in [1.807, 2.05) is 47.1 Å². The number of hydrogen-bond donors (Lipinski definition) is 0. The van der Waals surface area contributed by atoms with Gasteiger partial charge in [0.15, 0.2) is 0 Å². The van der Waals surface area contributed by atoms with Crippen LogP contribution in [0.1, 0.15) is 23.6 Å². The molecular formula is C19H17ClN4O2. The molecule has 0 fully saturated rings. The second-order valence-electron chi connectivity index (χ2n) is 5.90. The summed E-state index contributed by atoms with van der Waals surface area (Å²) in [5.74, 6) is 2.06. The molecular weight excluding hydrogens is 352 g/mol. The van der Waals surface area contributed by atoms with E-state index in [1.54, 1.807) is 14.2 Å². The van der Waals surface area contributed by atoms with E-state index in [0.29, 0.717) is 17.4 Å². The Morgan fingerprint density at radius 2 is 1.88 bits per heavy atom. The molecule has 1 aliphatic rings. The fraction of sp³-hybridized carbons (Fsp3) is 0.211. The Morgan fingerprint density at radius 1 is 1.08 bits per heavy atom. The molecule has 1 aliphatic heterocycles. The highest BCUT2D eigenvalue weighted by Crippen LogP contribution is 2.38. The van der Waals surface area contributed by atoms with Gasteiger partial charge in [-0.1, -0.05) is 23.7 Å². The molecule has 0 amide bonds. The first kappa shape index (κ1) is 16.6. The summed E-state index contributed by atoms with van der Waals surface area (Å²) in [5.41, 5.74) is 2.95. The third kappa shape index (κ3) is 2.93. The van der Waals surface area contributed by atoms with Crippen LogP contribution in [-0.4, -0.2) is 34.7 Å². The predicted molar refractivity (Wildman–Crippen MR) is 100.0 cm³/mol. The van der Waals surface area contributed by atoms with E-state index in [2.05, 4.69) is 15.1 Å². The molecule has 132 valence electrons. The van der Waals surface area contributed by atoms with Gasteiger partial charge < -0.3 is 9.47 Å². The van der Waals surface area contributed by atoms with Crippen LogP contribution in [0.25, 0.3) is 0 Å². The van der Waals surface area contributed by atoms with Gasteiger partial charge in [0.1, 0.15) is 17.8 Å². The van der Waals surface area contributed by atoms with Crippen LogP contribution in [0.2, 0.25) is 5.02 Å². The molecule has 1 aromatic heterocycles. The van der Waals surface area contributed by atoms with Gasteiger partial charge in [0.05, 0.1) is 26.0 Å². The molecule has 0 bridgehead atoms. The maximum atomic E-state index is 6.01. The molecule has 6 nitrogen and oxygen atoms in total. The van der Waals surface area contributed by atoms with E-state index in [1.165, 1.54) is 6.33 Å². The number of rotatable bonds is 4. The topological polar surface area (TPSA) is 61.5 Å². The van der Waals surface area contributed by atoms with Crippen molar-refractivity contribution in [3.8, 4) is 11.5 Å².